The molecule has 0 spiro atoms. The van der Waals surface area contributed by atoms with Gasteiger partial charge < -0.3 is 16.0 Å². The number of carbonyl (C=O) groups excluding carboxylic acids is 4. The van der Waals surface area contributed by atoms with Crippen LogP contribution in [0.1, 0.15) is 34.0 Å². The standard InChI is InChI=1S/C27H26N4O4/c1-17-11-13-19(14-12-17)27(3)25(34)31(26(35)30-27)16-23(32)29-22-10-5-4-9-21(22)24(33)28-20-8-6-7-18(2)15-20/h4-15H,16H2,1-3H3,(H,28,33)(H,29,32)(H,30,35). The van der Waals surface area contributed by atoms with E-state index >= 15 is 0 Å². The van der Waals surface area contributed by atoms with Crippen LogP contribution in [0.4, 0.5) is 16.2 Å². The van der Waals surface area contributed by atoms with E-state index in [0.717, 1.165) is 16.0 Å². The Morgan fingerprint density at radius 1 is 0.886 bits per heavy atom. The molecule has 0 aromatic heterocycles. The van der Waals surface area contributed by atoms with Gasteiger partial charge in [0.25, 0.3) is 11.8 Å². The number of benzene rings is 3. The highest BCUT2D eigenvalue weighted by atomic mass is 16.2. The summed E-state index contributed by atoms with van der Waals surface area (Å²) in [6.45, 7) is 4.97. The number of carbonyl (C=O) groups is 4. The Hall–Kier alpha value is -4.46. The Bertz CT molecular complexity index is 1320. The summed E-state index contributed by atoms with van der Waals surface area (Å²) in [5, 5.41) is 8.16. The van der Waals surface area contributed by atoms with Crippen LogP contribution in [0.3, 0.4) is 0 Å². The van der Waals surface area contributed by atoms with Gasteiger partial charge in [-0.3, -0.25) is 19.3 Å². The van der Waals surface area contributed by atoms with Gasteiger partial charge in [0.1, 0.15) is 12.1 Å². The van der Waals surface area contributed by atoms with Crippen molar-refractivity contribution >= 4 is 35.1 Å². The number of urea groups is 1. The fourth-order valence-corrected chi connectivity index (χ4v) is 3.97. The minimum Gasteiger partial charge on any atom is -0.324 e. The summed E-state index contributed by atoms with van der Waals surface area (Å²) >= 11 is 0. The molecular formula is C27H26N4O4. The summed E-state index contributed by atoms with van der Waals surface area (Å²) in [7, 11) is 0. The molecule has 1 atom stereocenters. The van der Waals surface area contributed by atoms with Crippen molar-refractivity contribution in [3.05, 3.63) is 95.1 Å². The Morgan fingerprint density at radius 2 is 1.60 bits per heavy atom. The highest BCUT2D eigenvalue weighted by Gasteiger charge is 2.49. The molecule has 0 bridgehead atoms. The largest absolute Gasteiger partial charge is 0.325 e. The van der Waals surface area contributed by atoms with Gasteiger partial charge in [0.05, 0.1) is 11.3 Å². The molecule has 1 fully saturated rings. The van der Waals surface area contributed by atoms with E-state index < -0.39 is 35.8 Å². The molecule has 0 saturated carbocycles. The maximum absolute atomic E-state index is 13.1. The van der Waals surface area contributed by atoms with Crippen molar-refractivity contribution in [1.29, 1.82) is 0 Å². The van der Waals surface area contributed by atoms with Crippen LogP contribution in [0, 0.1) is 13.8 Å². The molecule has 3 aromatic carbocycles. The average molecular weight is 471 g/mol. The van der Waals surface area contributed by atoms with Gasteiger partial charge in [0.15, 0.2) is 0 Å². The average Bonchev–Trinajstić information content (AvgIpc) is 3.03. The number of anilines is 2. The predicted molar refractivity (Wildman–Crippen MR) is 133 cm³/mol. The van der Waals surface area contributed by atoms with E-state index in [1.165, 1.54) is 0 Å². The van der Waals surface area contributed by atoms with Crippen molar-refractivity contribution in [2.24, 2.45) is 0 Å². The number of aryl methyl sites for hydroxylation is 2. The number of hydrogen-bond acceptors (Lipinski definition) is 4. The minimum atomic E-state index is -1.27. The molecule has 1 unspecified atom stereocenters. The van der Waals surface area contributed by atoms with Gasteiger partial charge in [-0.05, 0) is 56.2 Å². The minimum absolute atomic E-state index is 0.254. The molecule has 8 heteroatoms. The zero-order valence-electron chi connectivity index (χ0n) is 19.7. The van der Waals surface area contributed by atoms with Crippen LogP contribution in [0.25, 0.3) is 0 Å². The monoisotopic (exact) mass is 470 g/mol. The molecule has 1 aliphatic rings. The van der Waals surface area contributed by atoms with Crippen LogP contribution >= 0.6 is 0 Å². The molecule has 1 saturated heterocycles. The SMILES string of the molecule is Cc1ccc(C2(C)NC(=O)N(CC(=O)Nc3ccccc3C(=O)Nc3cccc(C)c3)C2=O)cc1. The number of nitrogens with zero attached hydrogens (tertiary/aromatic N) is 1. The van der Waals surface area contributed by atoms with Gasteiger partial charge >= 0.3 is 6.03 Å². The second-order valence-electron chi connectivity index (χ2n) is 8.73. The summed E-state index contributed by atoms with van der Waals surface area (Å²) in [6, 6.07) is 20.5. The lowest BCUT2D eigenvalue weighted by Gasteiger charge is -2.22. The first-order valence-corrected chi connectivity index (χ1v) is 11.2. The number of para-hydroxylation sites is 1. The third-order valence-corrected chi connectivity index (χ3v) is 5.93. The summed E-state index contributed by atoms with van der Waals surface area (Å²) < 4.78 is 0. The van der Waals surface area contributed by atoms with E-state index in [1.54, 1.807) is 49.4 Å². The summed E-state index contributed by atoms with van der Waals surface area (Å²) in [4.78, 5) is 52.2. The van der Waals surface area contributed by atoms with Crippen LogP contribution in [0.15, 0.2) is 72.8 Å². The Kier molecular flexibility index (Phi) is 6.38. The van der Waals surface area contributed by atoms with E-state index in [4.69, 9.17) is 0 Å². The third kappa shape index (κ3) is 4.91. The molecule has 8 nitrogen and oxygen atoms in total. The van der Waals surface area contributed by atoms with Crippen molar-refractivity contribution in [2.75, 3.05) is 17.2 Å². The molecule has 3 N–H and O–H groups in total. The maximum atomic E-state index is 13.1. The summed E-state index contributed by atoms with van der Waals surface area (Å²) in [5.74, 6) is -1.52. The highest BCUT2D eigenvalue weighted by molar-refractivity contribution is 6.12. The van der Waals surface area contributed by atoms with E-state index in [9.17, 15) is 19.2 Å². The van der Waals surface area contributed by atoms with Gasteiger partial charge in [-0.15, -0.1) is 0 Å². The van der Waals surface area contributed by atoms with Crippen LogP contribution < -0.4 is 16.0 Å². The maximum Gasteiger partial charge on any atom is 0.325 e. The quantitative estimate of drug-likeness (QED) is 0.474. The highest BCUT2D eigenvalue weighted by Crippen LogP contribution is 2.29. The van der Waals surface area contributed by atoms with Crippen LogP contribution in [0.5, 0.6) is 0 Å². The van der Waals surface area contributed by atoms with Gasteiger partial charge in [-0.2, -0.15) is 0 Å². The fourth-order valence-electron chi connectivity index (χ4n) is 3.97. The number of imide groups is 1. The zero-order chi connectivity index (χ0) is 25.2. The van der Waals surface area contributed by atoms with E-state index in [1.807, 2.05) is 44.2 Å². The van der Waals surface area contributed by atoms with Gasteiger partial charge in [0, 0.05) is 5.69 Å². The van der Waals surface area contributed by atoms with E-state index in [-0.39, 0.29) is 11.3 Å². The number of nitrogens with one attached hydrogen (secondary N) is 3. The van der Waals surface area contributed by atoms with Crippen molar-refractivity contribution in [3.63, 3.8) is 0 Å². The number of hydrogen-bond donors (Lipinski definition) is 3. The Balaban J connectivity index is 1.47. The fraction of sp³-hybridized carbons (Fsp3) is 0.185. The molecule has 5 amide bonds. The molecule has 4 rings (SSSR count). The van der Waals surface area contributed by atoms with Crippen LogP contribution in [-0.2, 0) is 15.1 Å². The van der Waals surface area contributed by atoms with Gasteiger partial charge in [-0.1, -0.05) is 54.1 Å². The topological polar surface area (TPSA) is 108 Å². The Morgan fingerprint density at radius 3 is 2.31 bits per heavy atom. The molecule has 178 valence electrons. The summed E-state index contributed by atoms with van der Waals surface area (Å²) in [5.41, 5.74) is 2.54. The second kappa shape index (κ2) is 9.42. The van der Waals surface area contributed by atoms with E-state index in [0.29, 0.717) is 11.3 Å². The smallest absolute Gasteiger partial charge is 0.324 e. The van der Waals surface area contributed by atoms with Crippen molar-refractivity contribution in [2.45, 2.75) is 26.3 Å². The van der Waals surface area contributed by atoms with Crippen LogP contribution in [-0.4, -0.2) is 35.2 Å². The first-order chi connectivity index (χ1) is 16.7. The predicted octanol–water partition coefficient (Wildman–Crippen LogP) is 3.96. The van der Waals surface area contributed by atoms with Crippen LogP contribution in [0.2, 0.25) is 0 Å². The first kappa shape index (κ1) is 23.7. The van der Waals surface area contributed by atoms with Crippen molar-refractivity contribution in [3.8, 4) is 0 Å². The normalized spacial score (nSPS) is 17.2. The molecule has 35 heavy (non-hydrogen) atoms. The molecule has 1 aliphatic heterocycles. The third-order valence-electron chi connectivity index (χ3n) is 5.93. The first-order valence-electron chi connectivity index (χ1n) is 11.2. The van der Waals surface area contributed by atoms with Crippen molar-refractivity contribution in [1.82, 2.24) is 10.2 Å². The lowest BCUT2D eigenvalue weighted by atomic mass is 9.91. The molecular weight excluding hydrogens is 444 g/mol. The van der Waals surface area contributed by atoms with Gasteiger partial charge in [-0.25, -0.2) is 4.79 Å². The van der Waals surface area contributed by atoms with E-state index in [2.05, 4.69) is 16.0 Å². The van der Waals surface area contributed by atoms with Crippen molar-refractivity contribution < 1.29 is 19.2 Å². The molecule has 0 aliphatic carbocycles. The molecule has 3 aromatic rings. The Labute approximate surface area is 203 Å². The lowest BCUT2D eigenvalue weighted by Crippen LogP contribution is -2.42. The molecule has 0 radical (unpaired) electrons. The second-order valence-corrected chi connectivity index (χ2v) is 8.73. The number of rotatable bonds is 6. The summed E-state index contributed by atoms with van der Waals surface area (Å²) in [6.07, 6.45) is 0. The zero-order valence-corrected chi connectivity index (χ0v) is 19.7. The number of amides is 5. The van der Waals surface area contributed by atoms with Gasteiger partial charge in [0.2, 0.25) is 5.91 Å². The molecule has 1 heterocycles. The lowest BCUT2D eigenvalue weighted by molar-refractivity contribution is -0.133.